The Morgan fingerprint density at radius 2 is 1.60 bits per heavy atom. The summed E-state index contributed by atoms with van der Waals surface area (Å²) in [6.45, 7) is 0. The number of methoxy groups -OCH3 is 3. The number of ether oxygens (including phenoxy) is 3. The fourth-order valence-electron chi connectivity index (χ4n) is 2.28. The van der Waals surface area contributed by atoms with Crippen molar-refractivity contribution < 1.29 is 27.4 Å². The summed E-state index contributed by atoms with van der Waals surface area (Å²) in [5.41, 5.74) is 0.328. The van der Waals surface area contributed by atoms with Gasteiger partial charge in [0.1, 0.15) is 4.90 Å². The third-order valence-corrected chi connectivity index (χ3v) is 5.51. The second-order valence-corrected chi connectivity index (χ2v) is 6.94. The van der Waals surface area contributed by atoms with E-state index in [1.54, 1.807) is 24.3 Å². The topological polar surface area (TPSA) is 82.1 Å². The summed E-state index contributed by atoms with van der Waals surface area (Å²) in [5, 5.41) is 0. The smallest absolute Gasteiger partial charge is 0.339 e. The summed E-state index contributed by atoms with van der Waals surface area (Å²) < 4.78 is 42.0. The maximum Gasteiger partial charge on any atom is 0.339 e. The number of sulfonamides is 1. The molecule has 0 aliphatic heterocycles. The van der Waals surface area contributed by atoms with E-state index in [1.165, 1.54) is 46.6 Å². The molecule has 134 valence electrons. The summed E-state index contributed by atoms with van der Waals surface area (Å²) >= 11 is 0. The molecule has 0 amide bonds. The maximum atomic E-state index is 13.0. The minimum absolute atomic E-state index is 0.0303. The van der Waals surface area contributed by atoms with Crippen molar-refractivity contribution in [2.45, 2.75) is 4.90 Å². The first-order valence-corrected chi connectivity index (χ1v) is 8.69. The van der Waals surface area contributed by atoms with E-state index in [-0.39, 0.29) is 10.5 Å². The predicted octanol–water partition coefficient (Wildman–Crippen LogP) is 2.32. The van der Waals surface area contributed by atoms with Gasteiger partial charge in [0.05, 0.1) is 32.6 Å². The Labute approximate surface area is 146 Å². The van der Waals surface area contributed by atoms with E-state index in [4.69, 9.17) is 9.47 Å². The Bertz CT molecular complexity index is 878. The molecular weight excluding hydrogens is 346 g/mol. The fraction of sp³-hybridized carbons (Fsp3) is 0.235. The molecule has 0 aliphatic carbocycles. The van der Waals surface area contributed by atoms with Crippen LogP contribution in [0.4, 0.5) is 5.69 Å². The number of carbonyl (C=O) groups is 1. The van der Waals surface area contributed by atoms with Crippen LogP contribution in [-0.4, -0.2) is 42.8 Å². The third-order valence-electron chi connectivity index (χ3n) is 3.66. The highest BCUT2D eigenvalue weighted by atomic mass is 32.2. The molecule has 0 unspecified atom stereocenters. The Morgan fingerprint density at radius 1 is 0.960 bits per heavy atom. The first-order chi connectivity index (χ1) is 11.9. The maximum absolute atomic E-state index is 13.0. The number of hydrogen-bond donors (Lipinski definition) is 0. The molecule has 2 aromatic rings. The van der Waals surface area contributed by atoms with Crippen LogP contribution in [0.1, 0.15) is 10.4 Å². The van der Waals surface area contributed by atoms with E-state index in [2.05, 4.69) is 4.74 Å². The molecule has 7 nitrogen and oxygen atoms in total. The number of carbonyl (C=O) groups excluding carboxylic acids is 1. The van der Waals surface area contributed by atoms with Crippen molar-refractivity contribution in [3.05, 3.63) is 48.0 Å². The molecule has 0 saturated carbocycles. The number of esters is 1. The normalized spacial score (nSPS) is 10.9. The van der Waals surface area contributed by atoms with Crippen molar-refractivity contribution in [2.24, 2.45) is 0 Å². The zero-order valence-electron chi connectivity index (χ0n) is 14.3. The lowest BCUT2D eigenvalue weighted by atomic mass is 10.2. The first-order valence-electron chi connectivity index (χ1n) is 7.25. The predicted molar refractivity (Wildman–Crippen MR) is 92.9 cm³/mol. The van der Waals surface area contributed by atoms with Gasteiger partial charge in [-0.25, -0.2) is 13.2 Å². The van der Waals surface area contributed by atoms with Gasteiger partial charge in [-0.15, -0.1) is 0 Å². The van der Waals surface area contributed by atoms with Crippen molar-refractivity contribution in [3.63, 3.8) is 0 Å². The van der Waals surface area contributed by atoms with E-state index in [1.807, 2.05) is 0 Å². The summed E-state index contributed by atoms with van der Waals surface area (Å²) in [4.78, 5) is 11.7. The highest BCUT2D eigenvalue weighted by Crippen LogP contribution is 2.33. The van der Waals surface area contributed by atoms with Crippen LogP contribution in [0.5, 0.6) is 11.5 Å². The average molecular weight is 365 g/mol. The molecule has 2 aromatic carbocycles. The Hall–Kier alpha value is -2.74. The molecule has 25 heavy (non-hydrogen) atoms. The quantitative estimate of drug-likeness (QED) is 0.731. The fourth-order valence-corrected chi connectivity index (χ4v) is 3.64. The van der Waals surface area contributed by atoms with E-state index in [0.29, 0.717) is 17.2 Å². The summed E-state index contributed by atoms with van der Waals surface area (Å²) in [7, 11) is 1.56. The van der Waals surface area contributed by atoms with Crippen LogP contribution in [0.3, 0.4) is 0 Å². The third kappa shape index (κ3) is 3.53. The van der Waals surface area contributed by atoms with E-state index in [9.17, 15) is 13.2 Å². The SMILES string of the molecule is COC(=O)c1ccccc1S(=O)(=O)N(C)c1ccc(OC)c(OC)c1. The van der Waals surface area contributed by atoms with Gasteiger partial charge in [-0.05, 0) is 24.3 Å². The van der Waals surface area contributed by atoms with Crippen molar-refractivity contribution in [1.29, 1.82) is 0 Å². The highest BCUT2D eigenvalue weighted by molar-refractivity contribution is 7.92. The molecular formula is C17H19NO6S. The highest BCUT2D eigenvalue weighted by Gasteiger charge is 2.27. The molecule has 0 radical (unpaired) electrons. The van der Waals surface area contributed by atoms with Crippen LogP contribution in [0.15, 0.2) is 47.4 Å². The molecule has 0 aliphatic rings. The molecule has 2 rings (SSSR count). The minimum atomic E-state index is -3.99. The van der Waals surface area contributed by atoms with Crippen LogP contribution in [0.2, 0.25) is 0 Å². The van der Waals surface area contributed by atoms with Crippen molar-refractivity contribution >= 4 is 21.7 Å². The van der Waals surface area contributed by atoms with Crippen LogP contribution in [-0.2, 0) is 14.8 Å². The first kappa shape index (κ1) is 18.6. The van der Waals surface area contributed by atoms with Gasteiger partial charge in [0.25, 0.3) is 10.0 Å². The minimum Gasteiger partial charge on any atom is -0.493 e. The van der Waals surface area contributed by atoms with Gasteiger partial charge in [-0.1, -0.05) is 12.1 Å². The van der Waals surface area contributed by atoms with Gasteiger partial charge in [0, 0.05) is 13.1 Å². The largest absolute Gasteiger partial charge is 0.493 e. The van der Waals surface area contributed by atoms with Gasteiger partial charge in [-0.2, -0.15) is 0 Å². The van der Waals surface area contributed by atoms with Crippen LogP contribution < -0.4 is 13.8 Å². The van der Waals surface area contributed by atoms with E-state index in [0.717, 1.165) is 4.31 Å². The van der Waals surface area contributed by atoms with Gasteiger partial charge < -0.3 is 14.2 Å². The lowest BCUT2D eigenvalue weighted by Crippen LogP contribution is -2.28. The Kier molecular flexibility index (Phi) is 5.53. The second kappa shape index (κ2) is 7.43. The van der Waals surface area contributed by atoms with Crippen LogP contribution >= 0.6 is 0 Å². The lowest BCUT2D eigenvalue weighted by Gasteiger charge is -2.21. The molecule has 0 saturated heterocycles. The zero-order valence-corrected chi connectivity index (χ0v) is 15.2. The summed E-state index contributed by atoms with van der Waals surface area (Å²) in [5.74, 6) is 0.148. The molecule has 8 heteroatoms. The van der Waals surface area contributed by atoms with Crippen LogP contribution in [0, 0.1) is 0 Å². The summed E-state index contributed by atoms with van der Waals surface area (Å²) in [6.07, 6.45) is 0. The molecule has 0 atom stereocenters. The molecule has 0 N–H and O–H groups in total. The number of hydrogen-bond acceptors (Lipinski definition) is 6. The number of rotatable bonds is 6. The molecule has 0 aromatic heterocycles. The monoisotopic (exact) mass is 365 g/mol. The molecule has 0 heterocycles. The van der Waals surface area contributed by atoms with Crippen molar-refractivity contribution in [2.75, 3.05) is 32.7 Å². The Morgan fingerprint density at radius 3 is 2.20 bits per heavy atom. The number of anilines is 1. The summed E-state index contributed by atoms with van der Waals surface area (Å²) in [6, 6.07) is 10.6. The second-order valence-electron chi connectivity index (χ2n) is 5.00. The van der Waals surface area contributed by atoms with Crippen LogP contribution in [0.25, 0.3) is 0 Å². The van der Waals surface area contributed by atoms with E-state index < -0.39 is 16.0 Å². The van der Waals surface area contributed by atoms with Gasteiger partial charge in [0.2, 0.25) is 0 Å². The average Bonchev–Trinajstić information content (AvgIpc) is 2.65. The molecule has 0 bridgehead atoms. The number of nitrogens with zero attached hydrogens (tertiary/aromatic N) is 1. The van der Waals surface area contributed by atoms with Gasteiger partial charge >= 0.3 is 5.97 Å². The standard InChI is InChI=1S/C17H19NO6S/c1-18(12-9-10-14(22-2)15(11-12)23-3)25(20,21)16-8-6-5-7-13(16)17(19)24-4/h5-11H,1-4H3. The van der Waals surface area contributed by atoms with Crippen molar-refractivity contribution in [1.82, 2.24) is 0 Å². The lowest BCUT2D eigenvalue weighted by molar-refractivity contribution is 0.0596. The number of benzene rings is 2. The van der Waals surface area contributed by atoms with E-state index >= 15 is 0 Å². The Balaban J connectivity index is 2.52. The van der Waals surface area contributed by atoms with Crippen molar-refractivity contribution in [3.8, 4) is 11.5 Å². The molecule has 0 fully saturated rings. The van der Waals surface area contributed by atoms with Gasteiger partial charge in [-0.3, -0.25) is 4.31 Å². The zero-order chi connectivity index (χ0) is 18.6. The molecule has 0 spiro atoms. The van der Waals surface area contributed by atoms with Gasteiger partial charge in [0.15, 0.2) is 11.5 Å².